The molecule has 2 N–H and O–H groups in total. The van der Waals surface area contributed by atoms with E-state index in [0.717, 1.165) is 55.8 Å². The lowest BCUT2D eigenvalue weighted by molar-refractivity contribution is 0.163. The maximum atomic E-state index is 5.74. The monoisotopic (exact) mass is 522 g/mol. The molecule has 0 bridgehead atoms. The molecular formula is C21H39IN4O3. The molecule has 168 valence electrons. The maximum absolute atomic E-state index is 5.74. The Labute approximate surface area is 193 Å². The summed E-state index contributed by atoms with van der Waals surface area (Å²) in [6, 6.07) is 6.15. The molecule has 1 atom stereocenters. The first-order valence-corrected chi connectivity index (χ1v) is 10.2. The highest BCUT2D eigenvalue weighted by atomic mass is 127. The number of guanidine groups is 1. The molecule has 8 heteroatoms. The van der Waals surface area contributed by atoms with E-state index in [9.17, 15) is 0 Å². The highest BCUT2D eigenvalue weighted by Crippen LogP contribution is 2.30. The molecule has 0 aliphatic heterocycles. The van der Waals surface area contributed by atoms with E-state index in [1.165, 1.54) is 0 Å². The molecule has 0 radical (unpaired) electrons. The summed E-state index contributed by atoms with van der Waals surface area (Å²) >= 11 is 0. The van der Waals surface area contributed by atoms with Gasteiger partial charge in [0.25, 0.3) is 0 Å². The summed E-state index contributed by atoms with van der Waals surface area (Å²) in [5.41, 5.74) is 1.12. The fraction of sp³-hybridized carbons (Fsp3) is 0.667. The Hall–Kier alpha value is -1.26. The molecule has 29 heavy (non-hydrogen) atoms. The summed E-state index contributed by atoms with van der Waals surface area (Å²) < 4.78 is 16.5. The third-order valence-corrected chi connectivity index (χ3v) is 4.19. The molecule has 0 amide bonds. The first-order valence-electron chi connectivity index (χ1n) is 10.2. The summed E-state index contributed by atoms with van der Waals surface area (Å²) in [6.45, 7) is 13.4. The third kappa shape index (κ3) is 10.9. The smallest absolute Gasteiger partial charge is 0.191 e. The van der Waals surface area contributed by atoms with Crippen LogP contribution in [0.1, 0.15) is 39.3 Å². The van der Waals surface area contributed by atoms with Crippen molar-refractivity contribution in [1.29, 1.82) is 0 Å². The van der Waals surface area contributed by atoms with Gasteiger partial charge in [0, 0.05) is 26.7 Å². The van der Waals surface area contributed by atoms with Gasteiger partial charge in [-0.05, 0) is 52.4 Å². The van der Waals surface area contributed by atoms with Crippen LogP contribution in [0.3, 0.4) is 0 Å². The lowest BCUT2D eigenvalue weighted by Gasteiger charge is -2.20. The number of hydrogen-bond acceptors (Lipinski definition) is 5. The number of likely N-dealkylation sites (N-methyl/N-ethyl adjacent to an activating group) is 1. The van der Waals surface area contributed by atoms with Gasteiger partial charge in [0.15, 0.2) is 17.5 Å². The van der Waals surface area contributed by atoms with Gasteiger partial charge in [0.2, 0.25) is 0 Å². The van der Waals surface area contributed by atoms with E-state index in [0.29, 0.717) is 13.2 Å². The lowest BCUT2D eigenvalue weighted by Crippen LogP contribution is -2.39. The van der Waals surface area contributed by atoms with Crippen LogP contribution in [0.2, 0.25) is 0 Å². The van der Waals surface area contributed by atoms with Gasteiger partial charge in [0.1, 0.15) is 0 Å². The molecule has 0 spiro atoms. The minimum absolute atomic E-state index is 0. The van der Waals surface area contributed by atoms with Gasteiger partial charge in [-0.3, -0.25) is 4.99 Å². The van der Waals surface area contributed by atoms with Gasteiger partial charge in [0.05, 0.1) is 32.4 Å². The van der Waals surface area contributed by atoms with Crippen LogP contribution in [0.4, 0.5) is 0 Å². The van der Waals surface area contributed by atoms with Crippen molar-refractivity contribution in [1.82, 2.24) is 15.5 Å². The van der Waals surface area contributed by atoms with Crippen molar-refractivity contribution in [3.8, 4) is 11.5 Å². The topological polar surface area (TPSA) is 67.4 Å². The van der Waals surface area contributed by atoms with E-state index in [1.807, 2.05) is 26.0 Å². The number of nitrogens with zero attached hydrogens (tertiary/aromatic N) is 2. The van der Waals surface area contributed by atoms with Crippen LogP contribution in [0.15, 0.2) is 23.2 Å². The maximum Gasteiger partial charge on any atom is 0.191 e. The second-order valence-corrected chi connectivity index (χ2v) is 6.49. The number of aliphatic imine (C=N–C) groups is 1. The van der Waals surface area contributed by atoms with Gasteiger partial charge in [-0.25, -0.2) is 0 Å². The Morgan fingerprint density at radius 2 is 1.79 bits per heavy atom. The highest BCUT2D eigenvalue weighted by Gasteiger charge is 2.12. The SMILES string of the molecule is CCNC(=NCCN(C)CCOC)NC(C)c1ccc(OCC)c(OCC)c1.I. The molecule has 1 unspecified atom stereocenters. The van der Waals surface area contributed by atoms with Crippen molar-refractivity contribution in [3.05, 3.63) is 23.8 Å². The van der Waals surface area contributed by atoms with Crippen molar-refractivity contribution in [3.63, 3.8) is 0 Å². The summed E-state index contributed by atoms with van der Waals surface area (Å²) in [5.74, 6) is 2.36. The number of benzene rings is 1. The van der Waals surface area contributed by atoms with Gasteiger partial charge >= 0.3 is 0 Å². The standard InChI is InChI=1S/C21H38N4O3.HI/c1-7-22-21(23-12-13-25(5)14-15-26-6)24-17(4)18-10-11-19(27-8-2)20(16-18)28-9-3;/h10-11,16-17H,7-9,12-15H2,1-6H3,(H2,22,23,24);1H. The van der Waals surface area contributed by atoms with E-state index in [1.54, 1.807) is 7.11 Å². The van der Waals surface area contributed by atoms with E-state index in [-0.39, 0.29) is 30.0 Å². The van der Waals surface area contributed by atoms with E-state index >= 15 is 0 Å². The zero-order valence-corrected chi connectivity index (χ0v) is 21.1. The van der Waals surface area contributed by atoms with E-state index < -0.39 is 0 Å². The highest BCUT2D eigenvalue weighted by molar-refractivity contribution is 14.0. The Morgan fingerprint density at radius 1 is 1.10 bits per heavy atom. The molecule has 7 nitrogen and oxygen atoms in total. The third-order valence-electron chi connectivity index (χ3n) is 4.19. The minimum atomic E-state index is 0. The Balaban J connectivity index is 0.00000784. The average molecular weight is 522 g/mol. The number of nitrogens with one attached hydrogen (secondary N) is 2. The molecule has 0 aliphatic carbocycles. The van der Waals surface area contributed by atoms with Gasteiger partial charge in [-0.15, -0.1) is 24.0 Å². The fourth-order valence-corrected chi connectivity index (χ4v) is 2.64. The fourth-order valence-electron chi connectivity index (χ4n) is 2.64. The normalized spacial score (nSPS) is 12.3. The molecule has 0 heterocycles. The Bertz CT molecular complexity index is 587. The number of methoxy groups -OCH3 is 1. The van der Waals surface area contributed by atoms with Crippen molar-refractivity contribution in [2.24, 2.45) is 4.99 Å². The largest absolute Gasteiger partial charge is 0.490 e. The van der Waals surface area contributed by atoms with Crippen LogP contribution in [0, 0.1) is 0 Å². The molecule has 0 saturated carbocycles. The quantitative estimate of drug-likeness (QED) is 0.236. The van der Waals surface area contributed by atoms with Crippen LogP contribution >= 0.6 is 24.0 Å². The Morgan fingerprint density at radius 3 is 2.41 bits per heavy atom. The number of ether oxygens (including phenoxy) is 3. The molecule has 0 saturated heterocycles. The van der Waals surface area contributed by atoms with Gasteiger partial charge < -0.3 is 29.7 Å². The van der Waals surface area contributed by atoms with Crippen molar-refractivity contribution in [2.75, 3.05) is 60.2 Å². The predicted molar refractivity (Wildman–Crippen MR) is 131 cm³/mol. The molecule has 1 rings (SSSR count). The van der Waals surface area contributed by atoms with Crippen molar-refractivity contribution >= 4 is 29.9 Å². The molecule has 0 aliphatic rings. The van der Waals surface area contributed by atoms with Crippen LogP contribution in [-0.2, 0) is 4.74 Å². The van der Waals surface area contributed by atoms with Crippen molar-refractivity contribution < 1.29 is 14.2 Å². The molecule has 1 aromatic carbocycles. The van der Waals surface area contributed by atoms with Crippen LogP contribution in [0.5, 0.6) is 11.5 Å². The first kappa shape index (κ1) is 27.7. The van der Waals surface area contributed by atoms with E-state index in [2.05, 4.69) is 47.5 Å². The Kier molecular flexibility index (Phi) is 15.8. The molecule has 0 fully saturated rings. The van der Waals surface area contributed by atoms with Crippen LogP contribution in [0.25, 0.3) is 0 Å². The number of rotatable bonds is 13. The second kappa shape index (κ2) is 16.5. The summed E-state index contributed by atoms with van der Waals surface area (Å²) in [6.07, 6.45) is 0. The summed E-state index contributed by atoms with van der Waals surface area (Å²) in [7, 11) is 3.80. The second-order valence-electron chi connectivity index (χ2n) is 6.49. The number of halogens is 1. The van der Waals surface area contributed by atoms with Crippen LogP contribution < -0.4 is 20.1 Å². The van der Waals surface area contributed by atoms with Crippen LogP contribution in [-0.4, -0.2) is 71.0 Å². The van der Waals surface area contributed by atoms with Gasteiger partial charge in [-0.2, -0.15) is 0 Å². The molecular weight excluding hydrogens is 483 g/mol. The lowest BCUT2D eigenvalue weighted by atomic mass is 10.1. The zero-order valence-electron chi connectivity index (χ0n) is 18.8. The summed E-state index contributed by atoms with van der Waals surface area (Å²) in [5, 5.41) is 6.78. The predicted octanol–water partition coefficient (Wildman–Crippen LogP) is 3.30. The average Bonchev–Trinajstić information content (AvgIpc) is 2.68. The van der Waals surface area contributed by atoms with E-state index in [4.69, 9.17) is 14.2 Å². The van der Waals surface area contributed by atoms with Gasteiger partial charge in [-0.1, -0.05) is 6.07 Å². The first-order chi connectivity index (χ1) is 13.5. The molecule has 0 aromatic heterocycles. The minimum Gasteiger partial charge on any atom is -0.490 e. The zero-order chi connectivity index (χ0) is 20.8. The molecule has 1 aromatic rings. The summed E-state index contributed by atoms with van der Waals surface area (Å²) in [4.78, 5) is 6.90. The van der Waals surface area contributed by atoms with Crippen molar-refractivity contribution in [2.45, 2.75) is 33.7 Å². The number of hydrogen-bond donors (Lipinski definition) is 2.